The molecule has 0 fully saturated rings. The second-order valence-electron chi connectivity index (χ2n) is 6.16. The van der Waals surface area contributed by atoms with Gasteiger partial charge in [-0.3, -0.25) is 9.59 Å². The number of rotatable bonds is 4. The van der Waals surface area contributed by atoms with Crippen LogP contribution in [-0.4, -0.2) is 17.2 Å². The Morgan fingerprint density at radius 1 is 1.04 bits per heavy atom. The third-order valence-corrected chi connectivity index (χ3v) is 4.37. The first-order valence-corrected chi connectivity index (χ1v) is 8.65. The summed E-state index contributed by atoms with van der Waals surface area (Å²) in [5.41, 5.74) is 3.68. The summed E-state index contributed by atoms with van der Waals surface area (Å²) in [6.07, 6.45) is 0. The van der Waals surface area contributed by atoms with E-state index in [4.69, 9.17) is 16.0 Å². The lowest BCUT2D eigenvalue weighted by molar-refractivity contribution is -0.115. The summed E-state index contributed by atoms with van der Waals surface area (Å²) >= 11 is 5.85. The topological polar surface area (TPSA) is 71.3 Å². The van der Waals surface area contributed by atoms with Crippen molar-refractivity contribution in [2.24, 2.45) is 0 Å². The highest BCUT2D eigenvalue weighted by Crippen LogP contribution is 2.32. The molecule has 2 N–H and O–H groups in total. The van der Waals surface area contributed by atoms with Crippen molar-refractivity contribution < 1.29 is 14.0 Å². The largest absolute Gasteiger partial charge is 0.449 e. The Balaban J connectivity index is 1.98. The van der Waals surface area contributed by atoms with E-state index in [9.17, 15) is 9.59 Å². The maximum absolute atomic E-state index is 12.8. The van der Waals surface area contributed by atoms with Gasteiger partial charge in [0, 0.05) is 11.1 Å². The van der Waals surface area contributed by atoms with Gasteiger partial charge in [0.15, 0.2) is 0 Å². The van der Waals surface area contributed by atoms with Crippen LogP contribution >= 0.6 is 11.6 Å². The number of aryl methyl sites for hydroxylation is 2. The molecule has 2 aromatic carbocycles. The first-order chi connectivity index (χ1) is 12.4. The molecule has 0 aliphatic rings. The second-order valence-corrected chi connectivity index (χ2v) is 6.82. The van der Waals surface area contributed by atoms with Crippen LogP contribution in [0.25, 0.3) is 11.0 Å². The highest BCUT2D eigenvalue weighted by atomic mass is 35.5. The minimum atomic E-state index is -0.737. The van der Waals surface area contributed by atoms with Gasteiger partial charge in [-0.05, 0) is 56.2 Å². The quantitative estimate of drug-likeness (QED) is 0.644. The Kier molecular flexibility index (Phi) is 5.00. The molecule has 2 amide bonds. The zero-order valence-corrected chi connectivity index (χ0v) is 15.5. The Hall–Kier alpha value is -2.79. The number of para-hydroxylation sites is 1. The molecule has 134 valence electrons. The van der Waals surface area contributed by atoms with Crippen LogP contribution in [0.3, 0.4) is 0 Å². The van der Waals surface area contributed by atoms with Crippen molar-refractivity contribution in [3.63, 3.8) is 0 Å². The van der Waals surface area contributed by atoms with Crippen molar-refractivity contribution in [2.75, 3.05) is 10.6 Å². The van der Waals surface area contributed by atoms with Crippen LogP contribution in [0.2, 0.25) is 0 Å². The molecule has 26 heavy (non-hydrogen) atoms. The van der Waals surface area contributed by atoms with Gasteiger partial charge in [0.25, 0.3) is 5.91 Å². The Labute approximate surface area is 156 Å². The fourth-order valence-corrected chi connectivity index (χ4v) is 2.61. The third-order valence-electron chi connectivity index (χ3n) is 4.18. The maximum Gasteiger partial charge on any atom is 0.293 e. The number of anilines is 2. The van der Waals surface area contributed by atoms with E-state index in [2.05, 4.69) is 10.6 Å². The van der Waals surface area contributed by atoms with Crippen LogP contribution < -0.4 is 10.6 Å². The molecule has 0 aliphatic heterocycles. The molecule has 0 unspecified atom stereocenters. The number of carbonyl (C=O) groups is 2. The summed E-state index contributed by atoms with van der Waals surface area (Å²) in [6, 6.07) is 12.8. The summed E-state index contributed by atoms with van der Waals surface area (Å²) in [4.78, 5) is 24.8. The number of hydrogen-bond donors (Lipinski definition) is 2. The van der Waals surface area contributed by atoms with E-state index in [-0.39, 0.29) is 5.76 Å². The molecule has 0 saturated carbocycles. The summed E-state index contributed by atoms with van der Waals surface area (Å²) in [7, 11) is 0. The summed E-state index contributed by atoms with van der Waals surface area (Å²) < 4.78 is 5.70. The van der Waals surface area contributed by atoms with Crippen LogP contribution in [0.4, 0.5) is 11.4 Å². The molecular formula is C20H19ClN2O3. The standard InChI is InChI=1S/C20H19ClN2O3/c1-11-8-9-14(10-12(11)2)22-20(25)18-17(23-19(24)13(3)21)15-6-4-5-7-16(15)26-18/h4-10,13H,1-3H3,(H,22,25)(H,23,24)/t13-/m1/s1. The molecule has 6 heteroatoms. The minimum absolute atomic E-state index is 0.0371. The molecule has 0 spiro atoms. The molecule has 0 saturated heterocycles. The lowest BCUT2D eigenvalue weighted by Crippen LogP contribution is -2.22. The van der Waals surface area contributed by atoms with Gasteiger partial charge in [-0.15, -0.1) is 11.6 Å². The zero-order valence-electron chi connectivity index (χ0n) is 14.7. The number of furan rings is 1. The van der Waals surface area contributed by atoms with Gasteiger partial charge < -0.3 is 15.1 Å². The van der Waals surface area contributed by atoms with Crippen molar-refractivity contribution in [1.29, 1.82) is 0 Å². The van der Waals surface area contributed by atoms with Gasteiger partial charge in [-0.25, -0.2) is 0 Å². The predicted octanol–water partition coefficient (Wildman–Crippen LogP) is 4.87. The molecule has 0 radical (unpaired) electrons. The summed E-state index contributed by atoms with van der Waals surface area (Å²) in [5, 5.41) is 5.41. The van der Waals surface area contributed by atoms with Gasteiger partial charge in [-0.1, -0.05) is 18.2 Å². The average Bonchev–Trinajstić information content (AvgIpc) is 2.97. The summed E-state index contributed by atoms with van der Waals surface area (Å²) in [6.45, 7) is 5.54. The number of fused-ring (bicyclic) bond motifs is 1. The molecule has 0 bridgehead atoms. The maximum atomic E-state index is 12.8. The van der Waals surface area contributed by atoms with Crippen molar-refractivity contribution in [3.8, 4) is 0 Å². The second kappa shape index (κ2) is 7.22. The van der Waals surface area contributed by atoms with Crippen molar-refractivity contribution in [2.45, 2.75) is 26.1 Å². The Bertz CT molecular complexity index is 992. The van der Waals surface area contributed by atoms with Crippen LogP contribution in [0, 0.1) is 13.8 Å². The van der Waals surface area contributed by atoms with Gasteiger partial charge in [0.2, 0.25) is 11.7 Å². The van der Waals surface area contributed by atoms with Gasteiger partial charge in [0.1, 0.15) is 16.6 Å². The zero-order chi connectivity index (χ0) is 18.8. The van der Waals surface area contributed by atoms with Crippen molar-refractivity contribution in [3.05, 3.63) is 59.4 Å². The monoisotopic (exact) mass is 370 g/mol. The van der Waals surface area contributed by atoms with Gasteiger partial charge >= 0.3 is 0 Å². The number of nitrogens with one attached hydrogen (secondary N) is 2. The highest BCUT2D eigenvalue weighted by molar-refractivity contribution is 6.33. The van der Waals surface area contributed by atoms with E-state index in [0.717, 1.165) is 11.1 Å². The molecule has 1 atom stereocenters. The first kappa shape index (κ1) is 18.0. The highest BCUT2D eigenvalue weighted by Gasteiger charge is 2.23. The van der Waals surface area contributed by atoms with Crippen LogP contribution in [0.1, 0.15) is 28.6 Å². The molecule has 0 aliphatic carbocycles. The normalized spacial score (nSPS) is 12.0. The van der Waals surface area contributed by atoms with E-state index in [1.54, 1.807) is 25.1 Å². The molecule has 1 aromatic heterocycles. The third kappa shape index (κ3) is 3.58. The minimum Gasteiger partial charge on any atom is -0.449 e. The van der Waals surface area contributed by atoms with Crippen LogP contribution in [-0.2, 0) is 4.79 Å². The smallest absolute Gasteiger partial charge is 0.293 e. The summed E-state index contributed by atoms with van der Waals surface area (Å²) in [5.74, 6) is -0.810. The number of halogens is 1. The molecule has 3 aromatic rings. The van der Waals surface area contributed by atoms with Crippen molar-refractivity contribution in [1.82, 2.24) is 0 Å². The van der Waals surface area contributed by atoms with E-state index >= 15 is 0 Å². The number of amides is 2. The van der Waals surface area contributed by atoms with Crippen molar-refractivity contribution >= 4 is 45.8 Å². The number of hydrogen-bond acceptors (Lipinski definition) is 3. The average molecular weight is 371 g/mol. The lowest BCUT2D eigenvalue weighted by atomic mass is 10.1. The molecule has 1 heterocycles. The number of carbonyl (C=O) groups excluding carboxylic acids is 2. The molecule has 5 nitrogen and oxygen atoms in total. The Morgan fingerprint density at radius 3 is 2.46 bits per heavy atom. The van der Waals surface area contributed by atoms with E-state index in [0.29, 0.717) is 22.3 Å². The fraction of sp³-hybridized carbons (Fsp3) is 0.200. The lowest BCUT2D eigenvalue weighted by Gasteiger charge is -2.09. The predicted molar refractivity (Wildman–Crippen MR) is 104 cm³/mol. The van der Waals surface area contributed by atoms with E-state index in [1.165, 1.54) is 0 Å². The molecular weight excluding hydrogens is 352 g/mol. The number of benzene rings is 2. The van der Waals surface area contributed by atoms with E-state index in [1.807, 2.05) is 38.1 Å². The van der Waals surface area contributed by atoms with Gasteiger partial charge in [0.05, 0.1) is 0 Å². The van der Waals surface area contributed by atoms with Crippen LogP contribution in [0.5, 0.6) is 0 Å². The SMILES string of the molecule is Cc1ccc(NC(=O)c2oc3ccccc3c2NC(=O)[C@@H](C)Cl)cc1C. The van der Waals surface area contributed by atoms with Gasteiger partial charge in [-0.2, -0.15) is 0 Å². The first-order valence-electron chi connectivity index (χ1n) is 8.22. The Morgan fingerprint density at radius 2 is 1.77 bits per heavy atom. The number of alkyl halides is 1. The fourth-order valence-electron chi connectivity index (χ4n) is 2.56. The molecule has 3 rings (SSSR count). The van der Waals surface area contributed by atoms with E-state index < -0.39 is 17.2 Å². The van der Waals surface area contributed by atoms with Crippen LogP contribution in [0.15, 0.2) is 46.9 Å².